The number of hydrogen-bond acceptors (Lipinski definition) is 3. The number of nitriles is 1. The summed E-state index contributed by atoms with van der Waals surface area (Å²) in [6, 6.07) is 26.0. The van der Waals surface area contributed by atoms with Crippen LogP contribution in [0.25, 0.3) is 0 Å². The van der Waals surface area contributed by atoms with Gasteiger partial charge in [-0.25, -0.2) is 0 Å². The van der Waals surface area contributed by atoms with Crippen molar-refractivity contribution in [1.29, 1.82) is 5.26 Å². The summed E-state index contributed by atoms with van der Waals surface area (Å²) in [6.45, 7) is 3.30. The number of benzene rings is 3. The summed E-state index contributed by atoms with van der Waals surface area (Å²) in [6.07, 6.45) is 0. The molecule has 0 aromatic heterocycles. The van der Waals surface area contributed by atoms with Crippen molar-refractivity contribution < 1.29 is 4.74 Å². The minimum Gasteiger partial charge on any atom is -0.489 e. The van der Waals surface area contributed by atoms with Crippen molar-refractivity contribution in [1.82, 2.24) is 0 Å². The molecule has 25 heavy (non-hydrogen) atoms. The first-order valence-electron chi connectivity index (χ1n) is 8.25. The lowest BCUT2D eigenvalue weighted by Crippen LogP contribution is -2.01. The maximum Gasteiger partial charge on any atom is 0.119 e. The van der Waals surface area contributed by atoms with Gasteiger partial charge in [-0.15, -0.1) is 0 Å². The molecule has 0 unspecified atom stereocenters. The van der Waals surface area contributed by atoms with Crippen LogP contribution in [0.15, 0.2) is 72.8 Å². The van der Waals surface area contributed by atoms with Gasteiger partial charge in [-0.3, -0.25) is 0 Å². The minimum atomic E-state index is 0.568. The van der Waals surface area contributed by atoms with Gasteiger partial charge >= 0.3 is 0 Å². The van der Waals surface area contributed by atoms with E-state index >= 15 is 0 Å². The molecule has 3 rings (SSSR count). The predicted octanol–water partition coefficient (Wildman–Crippen LogP) is 5.06. The van der Waals surface area contributed by atoms with Crippen LogP contribution in [-0.2, 0) is 13.2 Å². The Morgan fingerprint density at radius 3 is 2.40 bits per heavy atom. The summed E-state index contributed by atoms with van der Waals surface area (Å²) < 4.78 is 5.80. The van der Waals surface area contributed by atoms with E-state index in [0.717, 1.165) is 28.1 Å². The fourth-order valence-corrected chi connectivity index (χ4v) is 2.52. The van der Waals surface area contributed by atoms with Crippen LogP contribution in [0.5, 0.6) is 5.75 Å². The second kappa shape index (κ2) is 8.03. The molecule has 0 spiro atoms. The number of nitrogens with zero attached hydrogens (tertiary/aromatic N) is 1. The molecule has 0 saturated heterocycles. The maximum absolute atomic E-state index is 9.01. The molecule has 3 aromatic rings. The fourth-order valence-electron chi connectivity index (χ4n) is 2.52. The number of aryl methyl sites for hydroxylation is 1. The van der Waals surface area contributed by atoms with Gasteiger partial charge in [-0.2, -0.15) is 5.26 Å². The lowest BCUT2D eigenvalue weighted by Gasteiger charge is -2.11. The van der Waals surface area contributed by atoms with Gasteiger partial charge in [0.15, 0.2) is 0 Å². The molecule has 124 valence electrons. The summed E-state index contributed by atoms with van der Waals surface area (Å²) in [5.41, 5.74) is 5.10. The van der Waals surface area contributed by atoms with Crippen LogP contribution < -0.4 is 10.1 Å². The lowest BCUT2D eigenvalue weighted by atomic mass is 10.1. The predicted molar refractivity (Wildman–Crippen MR) is 100 cm³/mol. The van der Waals surface area contributed by atoms with Crippen molar-refractivity contribution in [3.8, 4) is 11.8 Å². The number of nitrogens with one attached hydrogen (secondary N) is 1. The van der Waals surface area contributed by atoms with Crippen LogP contribution in [-0.4, -0.2) is 0 Å². The Bertz CT molecular complexity index is 865. The van der Waals surface area contributed by atoms with Gasteiger partial charge in [0.1, 0.15) is 12.4 Å². The first-order valence-corrected chi connectivity index (χ1v) is 8.25. The SMILES string of the molecule is Cc1ccc(C#N)cc1NCc1ccc(OCc2ccccc2)cc1. The highest BCUT2D eigenvalue weighted by atomic mass is 16.5. The topological polar surface area (TPSA) is 45.0 Å². The summed E-state index contributed by atoms with van der Waals surface area (Å²) in [4.78, 5) is 0. The van der Waals surface area contributed by atoms with Gasteiger partial charge in [0.2, 0.25) is 0 Å². The molecule has 0 aliphatic heterocycles. The van der Waals surface area contributed by atoms with Crippen molar-refractivity contribution in [3.63, 3.8) is 0 Å². The van der Waals surface area contributed by atoms with Crippen LogP contribution in [0.4, 0.5) is 5.69 Å². The van der Waals surface area contributed by atoms with E-state index in [9.17, 15) is 0 Å². The molecule has 0 aliphatic rings. The summed E-state index contributed by atoms with van der Waals surface area (Å²) in [5, 5.41) is 12.4. The monoisotopic (exact) mass is 328 g/mol. The van der Waals surface area contributed by atoms with Crippen LogP contribution in [0.1, 0.15) is 22.3 Å². The highest BCUT2D eigenvalue weighted by molar-refractivity contribution is 5.55. The van der Waals surface area contributed by atoms with E-state index in [1.54, 1.807) is 0 Å². The van der Waals surface area contributed by atoms with E-state index in [0.29, 0.717) is 18.7 Å². The molecule has 0 radical (unpaired) electrons. The van der Waals surface area contributed by atoms with Crippen molar-refractivity contribution in [2.45, 2.75) is 20.1 Å². The second-order valence-electron chi connectivity index (χ2n) is 5.91. The van der Waals surface area contributed by atoms with Crippen LogP contribution in [0, 0.1) is 18.3 Å². The third kappa shape index (κ3) is 4.62. The summed E-state index contributed by atoms with van der Waals surface area (Å²) in [7, 11) is 0. The zero-order chi connectivity index (χ0) is 17.5. The molecule has 3 aromatic carbocycles. The van der Waals surface area contributed by atoms with E-state index in [-0.39, 0.29) is 0 Å². The first kappa shape index (κ1) is 16.6. The van der Waals surface area contributed by atoms with Crippen molar-refractivity contribution in [2.75, 3.05) is 5.32 Å². The average molecular weight is 328 g/mol. The average Bonchev–Trinajstić information content (AvgIpc) is 2.67. The van der Waals surface area contributed by atoms with Gasteiger partial charge in [0.05, 0.1) is 11.6 Å². The molecular formula is C22H20N2O. The molecule has 0 atom stereocenters. The molecule has 0 amide bonds. The van der Waals surface area contributed by atoms with E-state index < -0.39 is 0 Å². The van der Waals surface area contributed by atoms with Crippen LogP contribution in [0.3, 0.4) is 0 Å². The Morgan fingerprint density at radius 1 is 0.920 bits per heavy atom. The summed E-state index contributed by atoms with van der Waals surface area (Å²) >= 11 is 0. The molecular weight excluding hydrogens is 308 g/mol. The second-order valence-corrected chi connectivity index (χ2v) is 5.91. The van der Waals surface area contributed by atoms with Gasteiger partial charge in [-0.05, 0) is 47.9 Å². The van der Waals surface area contributed by atoms with Crippen LogP contribution in [0.2, 0.25) is 0 Å². The molecule has 3 nitrogen and oxygen atoms in total. The van der Waals surface area contributed by atoms with Gasteiger partial charge < -0.3 is 10.1 Å². The number of ether oxygens (including phenoxy) is 1. The number of anilines is 1. The highest BCUT2D eigenvalue weighted by Gasteiger charge is 2.01. The first-order chi connectivity index (χ1) is 12.2. The maximum atomic E-state index is 9.01. The van der Waals surface area contributed by atoms with E-state index in [1.165, 1.54) is 0 Å². The number of hydrogen-bond donors (Lipinski definition) is 1. The standard InChI is InChI=1S/C22H20N2O/c1-17-7-8-20(14-23)13-22(17)24-15-18-9-11-21(12-10-18)25-16-19-5-3-2-4-6-19/h2-13,24H,15-16H2,1H3. The Kier molecular flexibility index (Phi) is 5.33. The Balaban J connectivity index is 1.57. The van der Waals surface area contributed by atoms with E-state index in [4.69, 9.17) is 10.00 Å². The normalized spacial score (nSPS) is 10.1. The smallest absolute Gasteiger partial charge is 0.119 e. The largest absolute Gasteiger partial charge is 0.489 e. The van der Waals surface area contributed by atoms with E-state index in [2.05, 4.69) is 35.7 Å². The lowest BCUT2D eigenvalue weighted by molar-refractivity contribution is 0.306. The summed E-state index contributed by atoms with van der Waals surface area (Å²) in [5.74, 6) is 0.857. The van der Waals surface area contributed by atoms with Gasteiger partial charge in [0.25, 0.3) is 0 Å². The Hall–Kier alpha value is -3.25. The van der Waals surface area contributed by atoms with Crippen molar-refractivity contribution in [3.05, 3.63) is 95.1 Å². The van der Waals surface area contributed by atoms with Crippen molar-refractivity contribution >= 4 is 5.69 Å². The quantitative estimate of drug-likeness (QED) is 0.688. The molecule has 3 heteroatoms. The number of rotatable bonds is 6. The zero-order valence-electron chi connectivity index (χ0n) is 14.2. The molecule has 0 saturated carbocycles. The zero-order valence-corrected chi connectivity index (χ0v) is 14.2. The molecule has 0 fully saturated rings. The Labute approximate surface area is 148 Å². The molecule has 0 heterocycles. The van der Waals surface area contributed by atoms with Crippen LogP contribution >= 0.6 is 0 Å². The molecule has 0 aliphatic carbocycles. The van der Waals surface area contributed by atoms with Crippen molar-refractivity contribution in [2.24, 2.45) is 0 Å². The minimum absolute atomic E-state index is 0.568. The molecule has 0 bridgehead atoms. The molecule has 1 N–H and O–H groups in total. The highest BCUT2D eigenvalue weighted by Crippen LogP contribution is 2.19. The van der Waals surface area contributed by atoms with E-state index in [1.807, 2.05) is 55.5 Å². The fraction of sp³-hybridized carbons (Fsp3) is 0.136. The third-order valence-electron chi connectivity index (χ3n) is 4.02. The Morgan fingerprint density at radius 2 is 1.68 bits per heavy atom. The van der Waals surface area contributed by atoms with Gasteiger partial charge in [-0.1, -0.05) is 48.5 Å². The third-order valence-corrected chi connectivity index (χ3v) is 4.02. The van der Waals surface area contributed by atoms with Gasteiger partial charge in [0, 0.05) is 12.2 Å².